The van der Waals surface area contributed by atoms with E-state index in [9.17, 15) is 4.79 Å². The van der Waals surface area contributed by atoms with Gasteiger partial charge in [-0.1, -0.05) is 24.3 Å². The number of nitrogens with one attached hydrogen (secondary N) is 1. The number of para-hydroxylation sites is 1. The lowest BCUT2D eigenvalue weighted by molar-refractivity contribution is -0.123. The Balaban J connectivity index is 1.75. The van der Waals surface area contributed by atoms with Gasteiger partial charge in [-0.2, -0.15) is 5.10 Å². The van der Waals surface area contributed by atoms with Crippen LogP contribution in [0.4, 0.5) is 0 Å². The number of nitrogens with zero attached hydrogens (tertiary/aromatic N) is 2. The van der Waals surface area contributed by atoms with E-state index in [1.165, 1.54) is 6.21 Å². The third-order valence-electron chi connectivity index (χ3n) is 2.20. The second kappa shape index (κ2) is 6.90. The first-order valence-corrected chi connectivity index (χ1v) is 5.74. The van der Waals surface area contributed by atoms with Gasteiger partial charge in [0.05, 0.1) is 6.21 Å². The molecule has 1 aromatic carbocycles. The number of ether oxygens (including phenoxy) is 1. The van der Waals surface area contributed by atoms with Crippen LogP contribution in [0, 0.1) is 0 Å². The van der Waals surface area contributed by atoms with Crippen LogP contribution in [0.15, 0.2) is 60.0 Å². The largest absolute Gasteiger partial charge is 0.484 e. The van der Waals surface area contributed by atoms with Crippen molar-refractivity contribution in [2.24, 2.45) is 5.10 Å². The molecule has 5 heteroatoms. The van der Waals surface area contributed by atoms with E-state index >= 15 is 0 Å². The zero-order chi connectivity index (χ0) is 13.3. The zero-order valence-corrected chi connectivity index (χ0v) is 10.2. The molecule has 0 saturated heterocycles. The molecule has 0 fully saturated rings. The highest BCUT2D eigenvalue weighted by molar-refractivity contribution is 5.82. The Labute approximate surface area is 110 Å². The smallest absolute Gasteiger partial charge is 0.277 e. The van der Waals surface area contributed by atoms with Crippen molar-refractivity contribution in [2.75, 3.05) is 6.61 Å². The summed E-state index contributed by atoms with van der Waals surface area (Å²) in [5, 5.41) is 3.81. The van der Waals surface area contributed by atoms with Gasteiger partial charge in [0.15, 0.2) is 6.61 Å². The van der Waals surface area contributed by atoms with Crippen LogP contribution >= 0.6 is 0 Å². The van der Waals surface area contributed by atoms with Crippen LogP contribution in [0.1, 0.15) is 5.56 Å². The minimum absolute atomic E-state index is 0.0750. The number of pyridine rings is 1. The fourth-order valence-corrected chi connectivity index (χ4v) is 1.33. The van der Waals surface area contributed by atoms with E-state index in [1.54, 1.807) is 30.6 Å². The lowest BCUT2D eigenvalue weighted by atomic mass is 10.3. The predicted molar refractivity (Wildman–Crippen MR) is 71.9 cm³/mol. The van der Waals surface area contributed by atoms with Gasteiger partial charge in [-0.25, -0.2) is 5.43 Å². The maximum absolute atomic E-state index is 11.4. The van der Waals surface area contributed by atoms with Gasteiger partial charge in [0, 0.05) is 18.0 Å². The lowest BCUT2D eigenvalue weighted by Gasteiger charge is -2.03. The summed E-state index contributed by atoms with van der Waals surface area (Å²) in [4.78, 5) is 15.4. The molecule has 96 valence electrons. The molecule has 0 aliphatic rings. The summed E-state index contributed by atoms with van der Waals surface area (Å²) in [5.41, 5.74) is 3.19. The van der Waals surface area contributed by atoms with Gasteiger partial charge >= 0.3 is 0 Å². The maximum atomic E-state index is 11.4. The molecular weight excluding hydrogens is 242 g/mol. The SMILES string of the molecule is O=C(COc1ccccc1)NN=Cc1cccnc1. The molecule has 1 amide bonds. The first-order valence-electron chi connectivity index (χ1n) is 5.74. The topological polar surface area (TPSA) is 63.6 Å². The quantitative estimate of drug-likeness (QED) is 0.652. The van der Waals surface area contributed by atoms with Crippen molar-refractivity contribution in [3.05, 3.63) is 60.4 Å². The Morgan fingerprint density at radius 3 is 2.84 bits per heavy atom. The summed E-state index contributed by atoms with van der Waals surface area (Å²) in [6.07, 6.45) is 4.84. The molecule has 2 aromatic rings. The van der Waals surface area contributed by atoms with Crippen molar-refractivity contribution in [3.63, 3.8) is 0 Å². The Bertz CT molecular complexity index is 541. The molecule has 0 bridgehead atoms. The lowest BCUT2D eigenvalue weighted by Crippen LogP contribution is -2.24. The molecule has 1 aromatic heterocycles. The molecule has 0 aliphatic heterocycles. The van der Waals surface area contributed by atoms with Gasteiger partial charge in [-0.3, -0.25) is 9.78 Å². The molecule has 0 saturated carbocycles. The first-order chi connectivity index (χ1) is 9.34. The molecule has 0 atom stereocenters. The number of rotatable bonds is 5. The Morgan fingerprint density at radius 1 is 1.26 bits per heavy atom. The molecule has 1 N–H and O–H groups in total. The van der Waals surface area contributed by atoms with Crippen molar-refractivity contribution in [2.45, 2.75) is 0 Å². The Kier molecular flexibility index (Phi) is 4.64. The molecule has 0 aliphatic carbocycles. The normalized spacial score (nSPS) is 10.3. The average Bonchev–Trinajstić information content (AvgIpc) is 2.47. The van der Waals surface area contributed by atoms with E-state index in [-0.39, 0.29) is 12.5 Å². The van der Waals surface area contributed by atoms with Crippen LogP contribution < -0.4 is 10.2 Å². The second-order valence-corrected chi connectivity index (χ2v) is 3.68. The van der Waals surface area contributed by atoms with E-state index < -0.39 is 0 Å². The van der Waals surface area contributed by atoms with E-state index in [4.69, 9.17) is 4.74 Å². The molecule has 2 rings (SSSR count). The number of carbonyl (C=O) groups is 1. The highest BCUT2D eigenvalue weighted by Crippen LogP contribution is 2.07. The van der Waals surface area contributed by atoms with Crippen molar-refractivity contribution >= 4 is 12.1 Å². The molecule has 1 heterocycles. The van der Waals surface area contributed by atoms with Crippen LogP contribution in [0.3, 0.4) is 0 Å². The van der Waals surface area contributed by atoms with Crippen molar-refractivity contribution in [3.8, 4) is 5.75 Å². The van der Waals surface area contributed by atoms with Crippen molar-refractivity contribution < 1.29 is 9.53 Å². The summed E-state index contributed by atoms with van der Waals surface area (Å²) in [7, 11) is 0. The Morgan fingerprint density at radius 2 is 2.11 bits per heavy atom. The van der Waals surface area contributed by atoms with Crippen LogP contribution in [-0.2, 0) is 4.79 Å². The molecule has 5 nitrogen and oxygen atoms in total. The van der Waals surface area contributed by atoms with Crippen LogP contribution in [-0.4, -0.2) is 23.7 Å². The van der Waals surface area contributed by atoms with Crippen LogP contribution in [0.25, 0.3) is 0 Å². The molecule has 0 radical (unpaired) electrons. The fraction of sp³-hybridized carbons (Fsp3) is 0.0714. The summed E-state index contributed by atoms with van der Waals surface area (Å²) in [6, 6.07) is 12.8. The van der Waals surface area contributed by atoms with E-state index in [2.05, 4.69) is 15.5 Å². The monoisotopic (exact) mass is 255 g/mol. The number of hydrogen-bond acceptors (Lipinski definition) is 4. The van der Waals surface area contributed by atoms with Gasteiger partial charge in [-0.15, -0.1) is 0 Å². The van der Waals surface area contributed by atoms with E-state index in [0.717, 1.165) is 5.56 Å². The fourth-order valence-electron chi connectivity index (χ4n) is 1.33. The summed E-state index contributed by atoms with van der Waals surface area (Å²) in [6.45, 7) is -0.0750. The highest BCUT2D eigenvalue weighted by atomic mass is 16.5. The summed E-state index contributed by atoms with van der Waals surface area (Å²) < 4.78 is 5.27. The van der Waals surface area contributed by atoms with Crippen molar-refractivity contribution in [1.29, 1.82) is 0 Å². The third-order valence-corrected chi connectivity index (χ3v) is 2.20. The van der Waals surface area contributed by atoms with Gasteiger partial charge in [-0.05, 0) is 18.2 Å². The number of benzene rings is 1. The summed E-state index contributed by atoms with van der Waals surface area (Å²) >= 11 is 0. The van der Waals surface area contributed by atoms with Gasteiger partial charge in [0.2, 0.25) is 0 Å². The highest BCUT2D eigenvalue weighted by Gasteiger charge is 2.00. The van der Waals surface area contributed by atoms with Crippen LogP contribution in [0.5, 0.6) is 5.75 Å². The molecule has 0 spiro atoms. The minimum atomic E-state index is -0.316. The van der Waals surface area contributed by atoms with Gasteiger partial charge in [0.25, 0.3) is 5.91 Å². The number of aromatic nitrogens is 1. The predicted octanol–water partition coefficient (Wildman–Crippen LogP) is 1.61. The van der Waals surface area contributed by atoms with Gasteiger partial charge < -0.3 is 4.74 Å². The minimum Gasteiger partial charge on any atom is -0.484 e. The second-order valence-electron chi connectivity index (χ2n) is 3.68. The molecule has 19 heavy (non-hydrogen) atoms. The Hall–Kier alpha value is -2.69. The third kappa shape index (κ3) is 4.59. The standard InChI is InChI=1S/C14H13N3O2/c18-14(11-19-13-6-2-1-3-7-13)17-16-10-12-5-4-8-15-9-12/h1-10H,11H2,(H,17,18). The number of carbonyl (C=O) groups excluding carboxylic acids is 1. The summed E-state index contributed by atoms with van der Waals surface area (Å²) in [5.74, 6) is 0.331. The molecule has 0 unspecified atom stereocenters. The van der Waals surface area contributed by atoms with E-state index in [1.807, 2.05) is 24.3 Å². The van der Waals surface area contributed by atoms with Crippen LogP contribution in [0.2, 0.25) is 0 Å². The first kappa shape index (κ1) is 12.8. The zero-order valence-electron chi connectivity index (χ0n) is 10.2. The number of hydrogen-bond donors (Lipinski definition) is 1. The molecular formula is C14H13N3O2. The number of hydrazone groups is 1. The number of amides is 1. The maximum Gasteiger partial charge on any atom is 0.277 e. The van der Waals surface area contributed by atoms with Crippen molar-refractivity contribution in [1.82, 2.24) is 10.4 Å². The van der Waals surface area contributed by atoms with Gasteiger partial charge in [0.1, 0.15) is 5.75 Å². The average molecular weight is 255 g/mol. The van der Waals surface area contributed by atoms with E-state index in [0.29, 0.717) is 5.75 Å².